The van der Waals surface area contributed by atoms with E-state index in [0.717, 1.165) is 30.4 Å². The molecular formula is C27H36N4O3. The lowest BCUT2D eigenvalue weighted by Gasteiger charge is -2.36. The van der Waals surface area contributed by atoms with Crippen LogP contribution in [0.4, 0.5) is 0 Å². The number of carbonyl (C=O) groups excluding carboxylic acids is 1. The Labute approximate surface area is 201 Å². The average molecular weight is 465 g/mol. The van der Waals surface area contributed by atoms with E-state index >= 15 is 0 Å². The standard InChI is InChI=1S/C27H36N4O3/c1-5-6-7-12-25(33)31(26(19(2)3)20(4)18-32)17-21-13-15-22(16-14-21)23-10-8-9-11-24(34-23)27-28-30-29-27/h8-11,13-16,19,26,30,32H,4-7,12,17-18H2,1-3H3,(H,28,29). The van der Waals surface area contributed by atoms with Gasteiger partial charge >= 0.3 is 0 Å². The molecule has 0 bridgehead atoms. The molecule has 0 radical (unpaired) electrons. The zero-order valence-electron chi connectivity index (χ0n) is 20.4. The predicted molar refractivity (Wildman–Crippen MR) is 135 cm³/mol. The maximum Gasteiger partial charge on any atom is 0.223 e. The summed E-state index contributed by atoms with van der Waals surface area (Å²) in [5.74, 6) is 2.24. The summed E-state index contributed by atoms with van der Waals surface area (Å²) in [6.45, 7) is 10.6. The summed E-state index contributed by atoms with van der Waals surface area (Å²) >= 11 is 0. The second-order valence-electron chi connectivity index (χ2n) is 8.93. The number of hydrogen-bond donors (Lipinski definition) is 3. The molecule has 0 saturated heterocycles. The van der Waals surface area contributed by atoms with Crippen molar-refractivity contribution in [2.75, 3.05) is 6.61 Å². The van der Waals surface area contributed by atoms with Gasteiger partial charge in [-0.15, -0.1) is 5.10 Å². The Balaban J connectivity index is 1.78. The van der Waals surface area contributed by atoms with Crippen LogP contribution < -0.4 is 0 Å². The Morgan fingerprint density at radius 3 is 2.38 bits per heavy atom. The molecule has 1 aliphatic heterocycles. The van der Waals surface area contributed by atoms with Crippen molar-refractivity contribution in [3.8, 4) is 0 Å². The molecule has 182 valence electrons. The van der Waals surface area contributed by atoms with E-state index in [1.807, 2.05) is 53.5 Å². The lowest BCUT2D eigenvalue weighted by Crippen LogP contribution is -2.44. The van der Waals surface area contributed by atoms with Gasteiger partial charge in [0.2, 0.25) is 11.7 Å². The predicted octanol–water partition coefficient (Wildman–Crippen LogP) is 5.19. The summed E-state index contributed by atoms with van der Waals surface area (Å²) in [7, 11) is 0. The summed E-state index contributed by atoms with van der Waals surface area (Å²) in [5.41, 5.74) is 2.61. The van der Waals surface area contributed by atoms with Crippen LogP contribution in [0.5, 0.6) is 0 Å². The maximum absolute atomic E-state index is 13.2. The number of benzene rings is 1. The number of nitrogens with one attached hydrogen (secondary N) is 2. The van der Waals surface area contributed by atoms with Gasteiger partial charge in [-0.25, -0.2) is 5.21 Å². The number of amides is 1. The number of aliphatic hydroxyl groups is 1. The quantitative estimate of drug-likeness (QED) is 0.298. The van der Waals surface area contributed by atoms with E-state index in [9.17, 15) is 9.90 Å². The number of aromatic amines is 2. The highest BCUT2D eigenvalue weighted by Gasteiger charge is 2.28. The first-order chi connectivity index (χ1) is 16.4. The Morgan fingerprint density at radius 2 is 1.82 bits per heavy atom. The molecule has 34 heavy (non-hydrogen) atoms. The number of aliphatic hydroxyl groups excluding tert-OH is 1. The second-order valence-corrected chi connectivity index (χ2v) is 8.93. The summed E-state index contributed by atoms with van der Waals surface area (Å²) in [5, 5.41) is 19.3. The summed E-state index contributed by atoms with van der Waals surface area (Å²) in [6.07, 6.45) is 11.1. The Morgan fingerprint density at radius 1 is 1.15 bits per heavy atom. The molecule has 7 nitrogen and oxygen atoms in total. The fourth-order valence-corrected chi connectivity index (χ4v) is 4.11. The number of ether oxygens (including phenoxy) is 1. The largest absolute Gasteiger partial charge is 0.453 e. The zero-order valence-corrected chi connectivity index (χ0v) is 20.4. The van der Waals surface area contributed by atoms with Gasteiger partial charge in [0.15, 0.2) is 5.76 Å². The molecule has 0 spiro atoms. The number of rotatable bonds is 12. The molecule has 0 saturated carbocycles. The van der Waals surface area contributed by atoms with Crippen LogP contribution in [0.3, 0.4) is 0 Å². The number of unbranched alkanes of at least 4 members (excludes halogenated alkanes) is 2. The van der Waals surface area contributed by atoms with Crippen LogP contribution in [0.1, 0.15) is 63.4 Å². The van der Waals surface area contributed by atoms with Gasteiger partial charge in [-0.1, -0.05) is 76.6 Å². The highest BCUT2D eigenvalue weighted by atomic mass is 16.5. The maximum atomic E-state index is 13.2. The summed E-state index contributed by atoms with van der Waals surface area (Å²) < 4.78 is 6.05. The number of aromatic nitrogens is 3. The molecule has 2 aromatic rings. The van der Waals surface area contributed by atoms with Gasteiger partial charge in [0.25, 0.3) is 0 Å². The lowest BCUT2D eigenvalue weighted by molar-refractivity contribution is -0.134. The molecule has 1 unspecified atom stereocenters. The number of carbonyl (C=O) groups is 1. The second kappa shape index (κ2) is 12.2. The van der Waals surface area contributed by atoms with Crippen molar-refractivity contribution >= 4 is 17.4 Å². The number of allylic oxidation sites excluding steroid dienone is 4. The molecule has 1 aliphatic rings. The van der Waals surface area contributed by atoms with Gasteiger partial charge in [0.05, 0.1) is 12.6 Å². The molecule has 0 fully saturated rings. The third-order valence-electron chi connectivity index (χ3n) is 5.90. The van der Waals surface area contributed by atoms with Crippen molar-refractivity contribution in [2.24, 2.45) is 5.92 Å². The molecule has 1 amide bonds. The Bertz CT molecular complexity index is 1030. The highest BCUT2D eigenvalue weighted by molar-refractivity contribution is 5.77. The van der Waals surface area contributed by atoms with Crippen molar-refractivity contribution in [1.29, 1.82) is 0 Å². The number of nitrogens with zero attached hydrogens (tertiary/aromatic N) is 2. The summed E-state index contributed by atoms with van der Waals surface area (Å²) in [4.78, 5) is 15.1. The molecule has 1 atom stereocenters. The van der Waals surface area contributed by atoms with Gasteiger partial charge in [0, 0.05) is 18.5 Å². The van der Waals surface area contributed by atoms with Gasteiger partial charge in [-0.3, -0.25) is 9.89 Å². The molecule has 7 heteroatoms. The normalized spacial score (nSPS) is 14.3. The molecule has 2 heterocycles. The van der Waals surface area contributed by atoms with Crippen molar-refractivity contribution in [2.45, 2.75) is 59.0 Å². The van der Waals surface area contributed by atoms with Gasteiger partial charge in [0.1, 0.15) is 5.76 Å². The minimum atomic E-state index is -0.214. The summed E-state index contributed by atoms with van der Waals surface area (Å²) in [6, 6.07) is 7.82. The minimum Gasteiger partial charge on any atom is -0.453 e. The van der Waals surface area contributed by atoms with Crippen LogP contribution in [0.2, 0.25) is 0 Å². The molecule has 0 aliphatic carbocycles. The Kier molecular flexibility index (Phi) is 9.10. The van der Waals surface area contributed by atoms with Crippen LogP contribution in [-0.2, 0) is 16.1 Å². The van der Waals surface area contributed by atoms with Crippen LogP contribution >= 0.6 is 0 Å². The van der Waals surface area contributed by atoms with Gasteiger partial charge in [-0.05, 0) is 35.6 Å². The lowest BCUT2D eigenvalue weighted by atomic mass is 9.94. The van der Waals surface area contributed by atoms with E-state index < -0.39 is 0 Å². The van der Waals surface area contributed by atoms with Crippen molar-refractivity contribution in [1.82, 2.24) is 20.3 Å². The van der Waals surface area contributed by atoms with E-state index in [1.165, 1.54) is 0 Å². The van der Waals surface area contributed by atoms with Crippen molar-refractivity contribution in [3.05, 3.63) is 77.7 Å². The fourth-order valence-electron chi connectivity index (χ4n) is 4.11. The smallest absolute Gasteiger partial charge is 0.223 e. The zero-order chi connectivity index (χ0) is 24.5. The topological polar surface area (TPSA) is 94.2 Å². The number of H-pyrrole nitrogens is 2. The SMILES string of the molecule is C=C(CO)C(C(C)C)N(Cc1ccc(C2=CC=CC=C(c3n[nH][nH]3)O2)cc1)C(=O)CCCCC. The van der Waals surface area contributed by atoms with Gasteiger partial charge < -0.3 is 14.7 Å². The monoisotopic (exact) mass is 464 g/mol. The van der Waals surface area contributed by atoms with E-state index in [-0.39, 0.29) is 24.5 Å². The van der Waals surface area contributed by atoms with E-state index in [0.29, 0.717) is 35.9 Å². The van der Waals surface area contributed by atoms with E-state index in [1.54, 1.807) is 0 Å². The third-order valence-corrected chi connectivity index (χ3v) is 5.90. The molecular weight excluding hydrogens is 428 g/mol. The van der Waals surface area contributed by atoms with Crippen LogP contribution in [0, 0.1) is 5.92 Å². The Hall–Kier alpha value is -3.32. The van der Waals surface area contributed by atoms with Crippen LogP contribution in [0.25, 0.3) is 11.5 Å². The minimum absolute atomic E-state index is 0.0999. The highest BCUT2D eigenvalue weighted by Crippen LogP contribution is 2.27. The first-order valence-electron chi connectivity index (χ1n) is 12.0. The first kappa shape index (κ1) is 25.3. The number of hydrogen-bond acceptors (Lipinski definition) is 4. The van der Waals surface area contributed by atoms with E-state index in [2.05, 4.69) is 42.8 Å². The first-order valence-corrected chi connectivity index (χ1v) is 12.0. The van der Waals surface area contributed by atoms with Crippen LogP contribution in [0.15, 0.2) is 60.7 Å². The average Bonchev–Trinajstić information content (AvgIpc) is 3.03. The third kappa shape index (κ3) is 6.38. The molecule has 1 aromatic carbocycles. The van der Waals surface area contributed by atoms with Crippen LogP contribution in [-0.4, -0.2) is 44.0 Å². The van der Waals surface area contributed by atoms with E-state index in [4.69, 9.17) is 4.74 Å². The van der Waals surface area contributed by atoms with Gasteiger partial charge in [-0.2, -0.15) is 0 Å². The molecule has 1 aromatic heterocycles. The van der Waals surface area contributed by atoms with Crippen molar-refractivity contribution < 1.29 is 14.6 Å². The molecule has 3 rings (SSSR count). The fraction of sp³-hybridized carbons (Fsp3) is 0.407. The molecule has 3 N–H and O–H groups in total. The van der Waals surface area contributed by atoms with Crippen molar-refractivity contribution in [3.63, 3.8) is 0 Å².